The highest BCUT2D eigenvalue weighted by atomic mass is 35.5. The molecule has 0 N–H and O–H groups in total. The Morgan fingerprint density at radius 3 is 2.02 bits per heavy atom. The van der Waals surface area contributed by atoms with E-state index < -0.39 is 41.4 Å². The summed E-state index contributed by atoms with van der Waals surface area (Å²) in [5, 5.41) is 0.661. The van der Waals surface area contributed by atoms with Gasteiger partial charge in [-0.15, -0.1) is 24.8 Å². The number of morpholine rings is 1. The first-order valence-electron chi connectivity index (χ1n) is 15.4. The summed E-state index contributed by atoms with van der Waals surface area (Å²) >= 11 is 12.6. The van der Waals surface area contributed by atoms with E-state index in [0.29, 0.717) is 46.7 Å². The summed E-state index contributed by atoms with van der Waals surface area (Å²) in [5.74, 6) is -0.587. The van der Waals surface area contributed by atoms with Crippen LogP contribution in [0.25, 0.3) is 0 Å². The number of halogens is 10. The van der Waals surface area contributed by atoms with E-state index in [-0.39, 0.29) is 56.1 Å². The van der Waals surface area contributed by atoms with Crippen molar-refractivity contribution in [3.63, 3.8) is 0 Å². The van der Waals surface area contributed by atoms with Crippen LogP contribution in [0.1, 0.15) is 60.8 Å². The van der Waals surface area contributed by atoms with Crippen LogP contribution in [0.3, 0.4) is 0 Å². The van der Waals surface area contributed by atoms with Crippen molar-refractivity contribution in [3.8, 4) is 0 Å². The number of carbonyl (C=O) groups is 1. The first-order valence-corrected chi connectivity index (χ1v) is 16.1. The molecule has 1 atom stereocenters. The maximum Gasteiger partial charge on any atom is 0.416 e. The standard InChI is InChI=1S/C32H37Cl2F6N3O2.2ClH/c33-27-7-6-23(20-28(27)34)30(8-9-41-10-12-42(13-11-41)26-4-2-1-3-5-26)21-43(14-15-45-30)29(44)18-22-16-24(31(35,36)37)19-25(17-22)32(38,39)40;;/h6-7,16-17,19-20,26H,1-5,8-15,18,21H2;2*1H. The molecule has 2 aromatic carbocycles. The van der Waals surface area contributed by atoms with Crippen LogP contribution in [0.15, 0.2) is 36.4 Å². The minimum Gasteiger partial charge on any atom is -0.367 e. The van der Waals surface area contributed by atoms with Gasteiger partial charge in [0.2, 0.25) is 5.91 Å². The number of benzene rings is 2. The molecule has 2 saturated heterocycles. The van der Waals surface area contributed by atoms with Crippen molar-refractivity contribution in [1.29, 1.82) is 0 Å². The third kappa shape index (κ3) is 10.0. The predicted molar refractivity (Wildman–Crippen MR) is 175 cm³/mol. The van der Waals surface area contributed by atoms with Crippen molar-refractivity contribution < 1.29 is 35.9 Å². The van der Waals surface area contributed by atoms with Gasteiger partial charge >= 0.3 is 12.4 Å². The molecule has 0 aromatic heterocycles. The first kappa shape index (κ1) is 40.0. The van der Waals surface area contributed by atoms with Gasteiger partial charge in [-0.1, -0.05) is 48.5 Å². The van der Waals surface area contributed by atoms with Gasteiger partial charge in [0.25, 0.3) is 0 Å². The highest BCUT2D eigenvalue weighted by molar-refractivity contribution is 6.42. The molecule has 2 aromatic rings. The maximum atomic E-state index is 13.5. The highest BCUT2D eigenvalue weighted by Gasteiger charge is 2.42. The number of alkyl halides is 6. The van der Waals surface area contributed by atoms with Gasteiger partial charge in [-0.2, -0.15) is 26.3 Å². The number of nitrogens with zero attached hydrogens (tertiary/aromatic N) is 3. The molecular weight excluding hydrogens is 714 g/mol. The lowest BCUT2D eigenvalue weighted by molar-refractivity contribution is -0.155. The van der Waals surface area contributed by atoms with E-state index in [0.717, 1.165) is 26.2 Å². The van der Waals surface area contributed by atoms with E-state index >= 15 is 0 Å². The Kier molecular flexibility index (Phi) is 14.0. The third-order valence-electron chi connectivity index (χ3n) is 9.32. The van der Waals surface area contributed by atoms with Crippen molar-refractivity contribution in [2.24, 2.45) is 0 Å². The van der Waals surface area contributed by atoms with Crippen LogP contribution in [0.5, 0.6) is 0 Å². The molecule has 47 heavy (non-hydrogen) atoms. The van der Waals surface area contributed by atoms with Crippen LogP contribution >= 0.6 is 48.0 Å². The van der Waals surface area contributed by atoms with Crippen LogP contribution in [0.4, 0.5) is 26.3 Å². The predicted octanol–water partition coefficient (Wildman–Crippen LogP) is 8.51. The van der Waals surface area contributed by atoms with Gasteiger partial charge in [-0.05, 0) is 60.7 Å². The Morgan fingerprint density at radius 1 is 0.830 bits per heavy atom. The van der Waals surface area contributed by atoms with Crippen LogP contribution in [-0.2, 0) is 33.9 Å². The van der Waals surface area contributed by atoms with Crippen molar-refractivity contribution in [1.82, 2.24) is 14.7 Å². The number of hydrogen-bond donors (Lipinski definition) is 0. The van der Waals surface area contributed by atoms with E-state index in [1.807, 2.05) is 0 Å². The third-order valence-corrected chi connectivity index (χ3v) is 10.1. The molecule has 1 amide bonds. The molecule has 0 radical (unpaired) electrons. The van der Waals surface area contributed by atoms with Crippen molar-refractivity contribution in [2.45, 2.75) is 68.9 Å². The van der Waals surface area contributed by atoms with E-state index in [4.69, 9.17) is 27.9 Å². The monoisotopic (exact) mass is 751 g/mol. The lowest BCUT2D eigenvalue weighted by Gasteiger charge is -2.45. The Balaban J connectivity index is 0.00000300. The SMILES string of the molecule is Cl.Cl.O=C(Cc1cc(C(F)(F)F)cc(C(F)(F)F)c1)N1CCOC(CCN2CCN(C3CCCCC3)CC2)(c2ccc(Cl)c(Cl)c2)C1. The zero-order chi connectivity index (χ0) is 32.4. The Morgan fingerprint density at radius 2 is 1.45 bits per heavy atom. The van der Waals surface area contributed by atoms with E-state index in [2.05, 4.69) is 9.80 Å². The highest BCUT2D eigenvalue weighted by Crippen LogP contribution is 2.39. The average Bonchev–Trinajstić information content (AvgIpc) is 3.01. The summed E-state index contributed by atoms with van der Waals surface area (Å²) in [4.78, 5) is 19.9. The maximum absolute atomic E-state index is 13.5. The van der Waals surface area contributed by atoms with Crippen LogP contribution in [0.2, 0.25) is 10.0 Å². The van der Waals surface area contributed by atoms with Gasteiger partial charge in [0.05, 0.1) is 40.7 Å². The average molecular weight is 753 g/mol. The Bertz CT molecular complexity index is 1320. The summed E-state index contributed by atoms with van der Waals surface area (Å²) < 4.78 is 86.9. The minimum absolute atomic E-state index is 0. The lowest BCUT2D eigenvalue weighted by Crippen LogP contribution is -2.55. The van der Waals surface area contributed by atoms with Crippen LogP contribution in [0, 0.1) is 0 Å². The fourth-order valence-corrected chi connectivity index (χ4v) is 7.09. The molecule has 3 fully saturated rings. The molecule has 3 aliphatic rings. The number of carbonyl (C=O) groups excluding carboxylic acids is 1. The second-order valence-electron chi connectivity index (χ2n) is 12.3. The molecule has 2 heterocycles. The fraction of sp³-hybridized carbons (Fsp3) is 0.594. The normalized spacial score (nSPS) is 22.0. The van der Waals surface area contributed by atoms with Gasteiger partial charge in [0.15, 0.2) is 0 Å². The summed E-state index contributed by atoms with van der Waals surface area (Å²) in [6, 6.07) is 7.04. The molecular formula is C32H39Cl4F6N3O2. The van der Waals surface area contributed by atoms with Gasteiger partial charge < -0.3 is 14.5 Å². The zero-order valence-electron chi connectivity index (χ0n) is 25.6. The Labute approximate surface area is 293 Å². The summed E-state index contributed by atoms with van der Waals surface area (Å²) in [5.41, 5.74) is -3.54. The molecule has 0 spiro atoms. The number of rotatable bonds is 7. The molecule has 5 rings (SSSR count). The van der Waals surface area contributed by atoms with Crippen molar-refractivity contribution in [2.75, 3.05) is 52.4 Å². The molecule has 0 bridgehead atoms. The topological polar surface area (TPSA) is 36.0 Å². The van der Waals surface area contributed by atoms with Gasteiger partial charge in [0, 0.05) is 45.3 Å². The molecule has 15 heteroatoms. The molecule has 1 aliphatic carbocycles. The summed E-state index contributed by atoms with van der Waals surface area (Å²) in [6.07, 6.45) is -3.76. The van der Waals surface area contributed by atoms with Crippen LogP contribution < -0.4 is 0 Å². The second-order valence-corrected chi connectivity index (χ2v) is 13.1. The largest absolute Gasteiger partial charge is 0.416 e. The second kappa shape index (κ2) is 16.5. The number of hydrogen-bond acceptors (Lipinski definition) is 4. The van der Waals surface area contributed by atoms with Gasteiger partial charge in [-0.25, -0.2) is 0 Å². The molecule has 264 valence electrons. The van der Waals surface area contributed by atoms with Crippen molar-refractivity contribution >= 4 is 53.9 Å². The molecule has 5 nitrogen and oxygen atoms in total. The van der Waals surface area contributed by atoms with Crippen LogP contribution in [-0.4, -0.2) is 79.1 Å². The minimum atomic E-state index is -5.00. The van der Waals surface area contributed by atoms with E-state index in [1.165, 1.54) is 37.0 Å². The van der Waals surface area contributed by atoms with Crippen molar-refractivity contribution in [3.05, 3.63) is 68.7 Å². The quantitative estimate of drug-likeness (QED) is 0.266. The van der Waals surface area contributed by atoms with Gasteiger partial charge in [0.1, 0.15) is 5.60 Å². The molecule has 2 aliphatic heterocycles. The van der Waals surface area contributed by atoms with E-state index in [1.54, 1.807) is 18.2 Å². The first-order chi connectivity index (χ1) is 21.2. The number of amides is 1. The zero-order valence-corrected chi connectivity index (χ0v) is 28.8. The molecule has 1 saturated carbocycles. The Hall–Kier alpha value is -1.47. The smallest absolute Gasteiger partial charge is 0.367 e. The number of piperazine rings is 1. The lowest BCUT2D eigenvalue weighted by atomic mass is 9.87. The summed E-state index contributed by atoms with van der Waals surface area (Å²) in [6.45, 7) is 4.77. The number of ether oxygens (including phenoxy) is 1. The van der Waals surface area contributed by atoms with E-state index in [9.17, 15) is 31.1 Å². The molecule has 1 unspecified atom stereocenters. The fourth-order valence-electron chi connectivity index (χ4n) is 6.79. The van der Waals surface area contributed by atoms with Gasteiger partial charge in [-0.3, -0.25) is 9.69 Å². The summed E-state index contributed by atoms with van der Waals surface area (Å²) in [7, 11) is 0.